The van der Waals surface area contributed by atoms with Gasteiger partial charge in [0, 0.05) is 11.6 Å². The Kier molecular flexibility index (Phi) is 2.70. The van der Waals surface area contributed by atoms with E-state index in [4.69, 9.17) is 0 Å². The van der Waals surface area contributed by atoms with Crippen LogP contribution in [0.1, 0.15) is 10.4 Å². The number of fused-ring (bicyclic) bond motifs is 1. The molecule has 0 bridgehead atoms. The molecule has 2 aromatic rings. The third-order valence-corrected chi connectivity index (χ3v) is 2.28. The topological polar surface area (TPSA) is 49.0 Å². The largest absolute Gasteiger partial charge is 0.346 e. The zero-order chi connectivity index (χ0) is 11.7. The number of hydrogen-bond acceptors (Lipinski definition) is 3. The molecule has 1 N–H and O–H groups in total. The van der Waals surface area contributed by atoms with E-state index in [1.165, 1.54) is 0 Å². The van der Waals surface area contributed by atoms with Gasteiger partial charge in [-0.25, -0.2) is 9.37 Å². The van der Waals surface area contributed by atoms with Crippen LogP contribution >= 0.6 is 0 Å². The lowest BCUT2D eigenvalue weighted by Gasteiger charge is -2.09. The fourth-order valence-corrected chi connectivity index (χ4v) is 1.63. The standard InChI is InChI=1S/C11H12FN3O/c1-15(2)6-9(16)10-7-3-4-13-11(7)14-5-8(10)12/h3-5H,6H2,1-2H3,(H,13,14). The molecule has 0 aromatic carbocycles. The van der Waals surface area contributed by atoms with Gasteiger partial charge in [-0.3, -0.25) is 4.79 Å². The van der Waals surface area contributed by atoms with Gasteiger partial charge >= 0.3 is 0 Å². The number of H-pyrrole nitrogens is 1. The Balaban J connectivity index is 2.53. The van der Waals surface area contributed by atoms with Crippen molar-refractivity contribution in [2.75, 3.05) is 20.6 Å². The molecule has 0 aliphatic rings. The van der Waals surface area contributed by atoms with Gasteiger partial charge in [0.15, 0.2) is 11.6 Å². The highest BCUT2D eigenvalue weighted by molar-refractivity contribution is 6.07. The van der Waals surface area contributed by atoms with Crippen molar-refractivity contribution >= 4 is 16.8 Å². The van der Waals surface area contributed by atoms with Crippen LogP contribution in [-0.4, -0.2) is 41.3 Å². The van der Waals surface area contributed by atoms with Crippen molar-refractivity contribution in [1.82, 2.24) is 14.9 Å². The summed E-state index contributed by atoms with van der Waals surface area (Å²) in [4.78, 5) is 20.3. The first-order valence-corrected chi connectivity index (χ1v) is 4.89. The number of aromatic amines is 1. The van der Waals surface area contributed by atoms with E-state index in [1.54, 1.807) is 31.3 Å². The molecule has 0 unspecified atom stereocenters. The van der Waals surface area contributed by atoms with Crippen LogP contribution in [0.25, 0.3) is 11.0 Å². The molecule has 84 valence electrons. The van der Waals surface area contributed by atoms with Crippen LogP contribution in [0.3, 0.4) is 0 Å². The molecule has 5 heteroatoms. The summed E-state index contributed by atoms with van der Waals surface area (Å²) in [5.41, 5.74) is 0.642. The number of carbonyl (C=O) groups is 1. The summed E-state index contributed by atoms with van der Waals surface area (Å²) >= 11 is 0. The molecule has 0 saturated heterocycles. The lowest BCUT2D eigenvalue weighted by atomic mass is 10.1. The number of halogens is 1. The lowest BCUT2D eigenvalue weighted by molar-refractivity contribution is 0.0955. The molecule has 0 atom stereocenters. The van der Waals surface area contributed by atoms with Crippen LogP contribution in [0.5, 0.6) is 0 Å². The van der Waals surface area contributed by atoms with Gasteiger partial charge in [0.2, 0.25) is 0 Å². The van der Waals surface area contributed by atoms with Crippen LogP contribution < -0.4 is 0 Å². The van der Waals surface area contributed by atoms with Gasteiger partial charge < -0.3 is 9.88 Å². The molecule has 2 aromatic heterocycles. The van der Waals surface area contributed by atoms with Gasteiger partial charge in [0.1, 0.15) is 5.65 Å². The molecular formula is C11H12FN3O. The third-order valence-electron chi connectivity index (χ3n) is 2.28. The number of likely N-dealkylation sites (N-methyl/N-ethyl adjacent to an activating group) is 1. The zero-order valence-electron chi connectivity index (χ0n) is 9.12. The van der Waals surface area contributed by atoms with Crippen molar-refractivity contribution in [2.45, 2.75) is 0 Å². The number of pyridine rings is 1. The predicted octanol–water partition coefficient (Wildman–Crippen LogP) is 1.45. The molecule has 2 heterocycles. The van der Waals surface area contributed by atoms with Crippen molar-refractivity contribution < 1.29 is 9.18 Å². The van der Waals surface area contributed by atoms with Gasteiger partial charge in [-0.15, -0.1) is 0 Å². The Morgan fingerprint density at radius 3 is 3.00 bits per heavy atom. The molecular weight excluding hydrogens is 209 g/mol. The molecule has 0 spiro atoms. The monoisotopic (exact) mass is 221 g/mol. The number of ketones is 1. The molecule has 16 heavy (non-hydrogen) atoms. The smallest absolute Gasteiger partial charge is 0.180 e. The van der Waals surface area contributed by atoms with Crippen molar-refractivity contribution in [3.05, 3.63) is 29.8 Å². The highest BCUT2D eigenvalue weighted by Crippen LogP contribution is 2.19. The number of Topliss-reactive ketones (excluding diaryl/α,β-unsaturated/α-hetero) is 1. The van der Waals surface area contributed by atoms with E-state index in [0.717, 1.165) is 6.20 Å². The normalized spacial score (nSPS) is 11.2. The first-order chi connectivity index (χ1) is 7.59. The van der Waals surface area contributed by atoms with E-state index in [0.29, 0.717) is 11.0 Å². The molecule has 0 fully saturated rings. The number of rotatable bonds is 3. The van der Waals surface area contributed by atoms with Gasteiger partial charge in [-0.1, -0.05) is 0 Å². The Hall–Kier alpha value is -1.75. The molecule has 0 aliphatic carbocycles. The van der Waals surface area contributed by atoms with Crippen LogP contribution in [0.2, 0.25) is 0 Å². The Morgan fingerprint density at radius 2 is 2.31 bits per heavy atom. The minimum Gasteiger partial charge on any atom is -0.346 e. The van der Waals surface area contributed by atoms with Gasteiger partial charge in [-0.05, 0) is 20.2 Å². The maximum atomic E-state index is 13.6. The van der Waals surface area contributed by atoms with E-state index in [-0.39, 0.29) is 17.9 Å². The van der Waals surface area contributed by atoms with E-state index >= 15 is 0 Å². The highest BCUT2D eigenvalue weighted by atomic mass is 19.1. The van der Waals surface area contributed by atoms with E-state index in [9.17, 15) is 9.18 Å². The number of carbonyl (C=O) groups excluding carboxylic acids is 1. The fourth-order valence-electron chi connectivity index (χ4n) is 1.63. The molecule has 2 rings (SSSR count). The Labute approximate surface area is 92.1 Å². The number of aromatic nitrogens is 2. The minimum absolute atomic E-state index is 0.111. The maximum absolute atomic E-state index is 13.6. The molecule has 0 amide bonds. The summed E-state index contributed by atoms with van der Waals surface area (Å²) in [5.74, 6) is -0.812. The minimum atomic E-state index is -0.570. The van der Waals surface area contributed by atoms with Crippen LogP contribution in [-0.2, 0) is 0 Å². The Morgan fingerprint density at radius 1 is 1.56 bits per heavy atom. The molecule has 0 saturated carbocycles. The van der Waals surface area contributed by atoms with Gasteiger partial charge in [0.25, 0.3) is 0 Å². The average molecular weight is 221 g/mol. The zero-order valence-corrected chi connectivity index (χ0v) is 9.12. The number of nitrogens with zero attached hydrogens (tertiary/aromatic N) is 2. The molecule has 0 radical (unpaired) electrons. The van der Waals surface area contributed by atoms with Crippen LogP contribution in [0.4, 0.5) is 4.39 Å². The molecule has 0 aliphatic heterocycles. The van der Waals surface area contributed by atoms with Gasteiger partial charge in [-0.2, -0.15) is 0 Å². The summed E-state index contributed by atoms with van der Waals surface area (Å²) in [7, 11) is 3.54. The van der Waals surface area contributed by atoms with Crippen molar-refractivity contribution in [1.29, 1.82) is 0 Å². The summed E-state index contributed by atoms with van der Waals surface area (Å²) in [6, 6.07) is 1.66. The fraction of sp³-hybridized carbons (Fsp3) is 0.273. The first-order valence-electron chi connectivity index (χ1n) is 4.89. The summed E-state index contributed by atoms with van der Waals surface area (Å²) in [6.45, 7) is 0.182. The summed E-state index contributed by atoms with van der Waals surface area (Å²) in [6.07, 6.45) is 2.71. The first kappa shape index (κ1) is 10.8. The highest BCUT2D eigenvalue weighted by Gasteiger charge is 2.17. The second-order valence-electron chi connectivity index (χ2n) is 3.88. The number of hydrogen-bond donors (Lipinski definition) is 1. The average Bonchev–Trinajstić information content (AvgIpc) is 2.63. The summed E-state index contributed by atoms with van der Waals surface area (Å²) in [5, 5.41) is 0.534. The predicted molar refractivity (Wildman–Crippen MR) is 58.9 cm³/mol. The third kappa shape index (κ3) is 1.81. The second-order valence-corrected chi connectivity index (χ2v) is 3.88. The Bertz CT molecular complexity index is 533. The van der Waals surface area contributed by atoms with Crippen LogP contribution in [0, 0.1) is 5.82 Å². The lowest BCUT2D eigenvalue weighted by Crippen LogP contribution is -2.22. The van der Waals surface area contributed by atoms with Crippen LogP contribution in [0.15, 0.2) is 18.5 Å². The maximum Gasteiger partial charge on any atom is 0.180 e. The van der Waals surface area contributed by atoms with E-state index in [1.807, 2.05) is 0 Å². The van der Waals surface area contributed by atoms with Crippen molar-refractivity contribution in [3.8, 4) is 0 Å². The molecule has 4 nitrogen and oxygen atoms in total. The second kappa shape index (κ2) is 4.02. The van der Waals surface area contributed by atoms with Crippen molar-refractivity contribution in [2.24, 2.45) is 0 Å². The number of nitrogens with one attached hydrogen (secondary N) is 1. The summed E-state index contributed by atoms with van der Waals surface area (Å²) < 4.78 is 13.6. The van der Waals surface area contributed by atoms with Crippen molar-refractivity contribution in [3.63, 3.8) is 0 Å². The van der Waals surface area contributed by atoms with E-state index in [2.05, 4.69) is 9.97 Å². The van der Waals surface area contributed by atoms with Gasteiger partial charge in [0.05, 0.1) is 18.3 Å². The quantitative estimate of drug-likeness (QED) is 0.798. The SMILES string of the molecule is CN(C)CC(=O)c1c(F)cnc2[nH]ccc12. The van der Waals surface area contributed by atoms with E-state index < -0.39 is 5.82 Å².